The zero-order chi connectivity index (χ0) is 14.6. The van der Waals surface area contributed by atoms with Crippen molar-refractivity contribution in [3.05, 3.63) is 24.3 Å². The second kappa shape index (κ2) is 4.51. The van der Waals surface area contributed by atoms with E-state index in [1.165, 1.54) is 4.90 Å². The summed E-state index contributed by atoms with van der Waals surface area (Å²) in [5.74, 6) is 1.29. The van der Waals surface area contributed by atoms with Crippen LogP contribution in [0, 0.1) is 23.7 Å². The van der Waals surface area contributed by atoms with Crippen molar-refractivity contribution in [2.75, 3.05) is 6.54 Å². The van der Waals surface area contributed by atoms with Gasteiger partial charge >= 0.3 is 0 Å². The number of imide groups is 1. The van der Waals surface area contributed by atoms with Crippen molar-refractivity contribution in [3.8, 4) is 0 Å². The van der Waals surface area contributed by atoms with Gasteiger partial charge in [0.25, 0.3) is 0 Å². The van der Waals surface area contributed by atoms with Gasteiger partial charge in [-0.2, -0.15) is 0 Å². The van der Waals surface area contributed by atoms with Crippen LogP contribution in [0.3, 0.4) is 0 Å². The Bertz CT molecular complexity index is 605. The molecule has 0 aromatic carbocycles. The number of hydrogen-bond acceptors (Lipinski definition) is 4. The van der Waals surface area contributed by atoms with Crippen LogP contribution in [0.25, 0.3) is 0 Å². The van der Waals surface area contributed by atoms with Gasteiger partial charge in [0.1, 0.15) is 12.2 Å². The molecule has 6 heteroatoms. The van der Waals surface area contributed by atoms with E-state index in [0.717, 1.165) is 18.7 Å². The van der Waals surface area contributed by atoms with Crippen molar-refractivity contribution in [1.82, 2.24) is 19.7 Å². The van der Waals surface area contributed by atoms with Crippen molar-refractivity contribution in [3.63, 3.8) is 0 Å². The summed E-state index contributed by atoms with van der Waals surface area (Å²) in [5.41, 5.74) is 0. The Balaban J connectivity index is 1.50. The standard InChI is InChI=1S/C15H18N4O2/c1-2-11-17-16-8-18(11)5-6-19-14(20)12-9-3-4-10(7-9)13(12)15(19)21/h3-4,8-10,12-13H,2,5-7H2,1H3/t9-,10+,12+,13?/m1/s1. The Morgan fingerprint density at radius 3 is 2.43 bits per heavy atom. The van der Waals surface area contributed by atoms with Gasteiger partial charge in [-0.15, -0.1) is 10.2 Å². The Hall–Kier alpha value is -1.98. The molecular weight excluding hydrogens is 268 g/mol. The van der Waals surface area contributed by atoms with Crippen LogP contribution in [-0.2, 0) is 22.6 Å². The highest BCUT2D eigenvalue weighted by molar-refractivity contribution is 6.06. The van der Waals surface area contributed by atoms with Gasteiger partial charge in [0, 0.05) is 19.5 Å². The first-order valence-corrected chi connectivity index (χ1v) is 7.61. The number of likely N-dealkylation sites (tertiary alicyclic amines) is 1. The highest BCUT2D eigenvalue weighted by atomic mass is 16.2. The van der Waals surface area contributed by atoms with E-state index in [1.807, 2.05) is 11.5 Å². The van der Waals surface area contributed by atoms with Gasteiger partial charge in [-0.1, -0.05) is 19.1 Å². The van der Waals surface area contributed by atoms with Crippen molar-refractivity contribution in [1.29, 1.82) is 0 Å². The third kappa shape index (κ3) is 1.71. The molecule has 0 spiro atoms. The van der Waals surface area contributed by atoms with Crippen LogP contribution in [0.4, 0.5) is 0 Å². The third-order valence-electron chi connectivity index (χ3n) is 5.14. The number of carbonyl (C=O) groups excluding carboxylic acids is 2. The maximum absolute atomic E-state index is 12.5. The van der Waals surface area contributed by atoms with Crippen LogP contribution in [0.1, 0.15) is 19.2 Å². The summed E-state index contributed by atoms with van der Waals surface area (Å²) in [6.07, 6.45) is 7.67. The molecule has 1 unspecified atom stereocenters. The second-order valence-electron chi connectivity index (χ2n) is 6.12. The molecule has 110 valence electrons. The molecule has 2 amide bonds. The average molecular weight is 286 g/mol. The lowest BCUT2D eigenvalue weighted by Crippen LogP contribution is -2.35. The van der Waals surface area contributed by atoms with Gasteiger partial charge in [0.05, 0.1) is 11.8 Å². The van der Waals surface area contributed by atoms with E-state index < -0.39 is 0 Å². The minimum Gasteiger partial charge on any atom is -0.316 e. The fourth-order valence-corrected chi connectivity index (χ4v) is 4.13. The molecular formula is C15H18N4O2. The van der Waals surface area contributed by atoms with Crippen LogP contribution >= 0.6 is 0 Å². The van der Waals surface area contributed by atoms with Crippen LogP contribution in [0.2, 0.25) is 0 Å². The first-order valence-electron chi connectivity index (χ1n) is 7.61. The Labute approximate surface area is 122 Å². The molecule has 6 nitrogen and oxygen atoms in total. The summed E-state index contributed by atoms with van der Waals surface area (Å²) >= 11 is 0. The predicted octanol–water partition coefficient (Wildman–Crippen LogP) is 0.648. The number of amides is 2. The molecule has 2 bridgehead atoms. The fraction of sp³-hybridized carbons (Fsp3) is 0.600. The largest absolute Gasteiger partial charge is 0.316 e. The van der Waals surface area contributed by atoms with E-state index in [1.54, 1.807) is 6.33 Å². The number of allylic oxidation sites excluding steroid dienone is 2. The van der Waals surface area contributed by atoms with Crippen LogP contribution < -0.4 is 0 Å². The zero-order valence-corrected chi connectivity index (χ0v) is 12.0. The van der Waals surface area contributed by atoms with Crippen LogP contribution in [0.15, 0.2) is 18.5 Å². The van der Waals surface area contributed by atoms with E-state index in [2.05, 4.69) is 22.3 Å². The van der Waals surface area contributed by atoms with Gasteiger partial charge in [-0.05, 0) is 18.3 Å². The maximum Gasteiger partial charge on any atom is 0.233 e. The topological polar surface area (TPSA) is 68.1 Å². The maximum atomic E-state index is 12.5. The molecule has 2 aliphatic carbocycles. The molecule has 1 saturated heterocycles. The summed E-state index contributed by atoms with van der Waals surface area (Å²) in [4.78, 5) is 26.5. The molecule has 2 fully saturated rings. The highest BCUT2D eigenvalue weighted by Crippen LogP contribution is 2.52. The summed E-state index contributed by atoms with van der Waals surface area (Å²) in [6, 6.07) is 0. The van der Waals surface area contributed by atoms with Crippen LogP contribution in [-0.4, -0.2) is 38.0 Å². The smallest absolute Gasteiger partial charge is 0.233 e. The van der Waals surface area contributed by atoms with E-state index in [0.29, 0.717) is 13.1 Å². The molecule has 1 aromatic heterocycles. The van der Waals surface area contributed by atoms with E-state index in [9.17, 15) is 9.59 Å². The Morgan fingerprint density at radius 1 is 1.14 bits per heavy atom. The van der Waals surface area contributed by atoms with Gasteiger partial charge < -0.3 is 4.57 Å². The lowest BCUT2D eigenvalue weighted by Gasteiger charge is -2.17. The number of fused-ring (bicyclic) bond motifs is 5. The number of hydrogen-bond donors (Lipinski definition) is 0. The van der Waals surface area contributed by atoms with E-state index in [4.69, 9.17) is 0 Å². The number of aromatic nitrogens is 3. The SMILES string of the molecule is CCc1nncn1CCN1C(=O)C2[C@@H](C1=O)[C@@H]1C=C[C@H]2C1. The fourth-order valence-electron chi connectivity index (χ4n) is 4.13. The highest BCUT2D eigenvalue weighted by Gasteiger charge is 2.58. The second-order valence-corrected chi connectivity index (χ2v) is 6.12. The monoisotopic (exact) mass is 286 g/mol. The van der Waals surface area contributed by atoms with E-state index >= 15 is 0 Å². The first kappa shape index (κ1) is 12.7. The molecule has 4 rings (SSSR count). The van der Waals surface area contributed by atoms with Gasteiger partial charge in [0.2, 0.25) is 11.8 Å². The average Bonchev–Trinajstić information content (AvgIpc) is 3.23. The van der Waals surface area contributed by atoms with Gasteiger partial charge in [0.15, 0.2) is 0 Å². The summed E-state index contributed by atoms with van der Waals surface area (Å²) in [6.45, 7) is 3.02. The van der Waals surface area contributed by atoms with Crippen LogP contribution in [0.5, 0.6) is 0 Å². The molecule has 0 N–H and O–H groups in total. The number of nitrogens with zero attached hydrogens (tertiary/aromatic N) is 4. The molecule has 1 saturated carbocycles. The molecule has 4 atom stereocenters. The molecule has 1 aliphatic heterocycles. The minimum atomic E-state index is -0.0981. The molecule has 0 radical (unpaired) electrons. The van der Waals surface area contributed by atoms with Crippen molar-refractivity contribution < 1.29 is 9.59 Å². The molecule has 21 heavy (non-hydrogen) atoms. The normalized spacial score (nSPS) is 33.3. The third-order valence-corrected chi connectivity index (χ3v) is 5.14. The summed E-state index contributed by atoms with van der Waals surface area (Å²) in [5, 5.41) is 7.91. The lowest BCUT2D eigenvalue weighted by atomic mass is 9.85. The van der Waals surface area contributed by atoms with Gasteiger partial charge in [-0.3, -0.25) is 14.5 Å². The number of carbonyl (C=O) groups is 2. The summed E-state index contributed by atoms with van der Waals surface area (Å²) < 4.78 is 1.92. The van der Waals surface area contributed by atoms with Gasteiger partial charge in [-0.25, -0.2) is 0 Å². The zero-order valence-electron chi connectivity index (χ0n) is 12.0. The quantitative estimate of drug-likeness (QED) is 0.602. The van der Waals surface area contributed by atoms with Crippen molar-refractivity contribution in [2.45, 2.75) is 26.3 Å². The van der Waals surface area contributed by atoms with Crippen molar-refractivity contribution in [2.24, 2.45) is 23.7 Å². The predicted molar refractivity (Wildman–Crippen MR) is 73.8 cm³/mol. The molecule has 1 aromatic rings. The number of aryl methyl sites for hydroxylation is 1. The first-order chi connectivity index (χ1) is 10.2. The van der Waals surface area contributed by atoms with Crippen molar-refractivity contribution >= 4 is 11.8 Å². The Kier molecular flexibility index (Phi) is 2.74. The summed E-state index contributed by atoms with van der Waals surface area (Å²) in [7, 11) is 0. The molecule has 3 aliphatic rings. The lowest BCUT2D eigenvalue weighted by molar-refractivity contribution is -0.140. The Morgan fingerprint density at radius 2 is 1.81 bits per heavy atom. The number of rotatable bonds is 4. The van der Waals surface area contributed by atoms with E-state index in [-0.39, 0.29) is 35.5 Å². The molecule has 2 heterocycles. The minimum absolute atomic E-state index is 0.0213.